The summed E-state index contributed by atoms with van der Waals surface area (Å²) >= 11 is 0. The number of benzene rings is 8. The van der Waals surface area contributed by atoms with Crippen LogP contribution in [0.3, 0.4) is 0 Å². The van der Waals surface area contributed by atoms with Gasteiger partial charge in [-0.3, -0.25) is 0 Å². The number of rotatable bonds is 5. The Morgan fingerprint density at radius 2 is 0.898 bits per heavy atom. The summed E-state index contributed by atoms with van der Waals surface area (Å²) in [5.74, 6) is 0. The van der Waals surface area contributed by atoms with Gasteiger partial charge in [0.2, 0.25) is 0 Å². The number of para-hydroxylation sites is 4. The Labute approximate surface area is 282 Å². The quantitative estimate of drug-likeness (QED) is 0.190. The van der Waals surface area contributed by atoms with Gasteiger partial charge in [0.05, 0.1) is 11.4 Å². The van der Waals surface area contributed by atoms with Gasteiger partial charge in [0.1, 0.15) is 11.2 Å². The maximum atomic E-state index is 6.59. The molecule has 0 unspecified atom stereocenters. The first-order valence-electron chi connectivity index (χ1n) is 16.6. The Morgan fingerprint density at radius 3 is 1.55 bits per heavy atom. The Bertz CT molecular complexity index is 2710. The second-order valence-electron chi connectivity index (χ2n) is 12.5. The average Bonchev–Trinajstić information content (AvgIpc) is 3.75. The summed E-state index contributed by atoms with van der Waals surface area (Å²) in [4.78, 5) is 2.27. The molecule has 8 aromatic carbocycles. The smallest absolute Gasteiger partial charge is 0.159 e. The molecule has 0 bridgehead atoms. The number of fused-ring (bicyclic) bond motifs is 7. The summed E-state index contributed by atoms with van der Waals surface area (Å²) in [6.45, 7) is 0. The van der Waals surface area contributed by atoms with E-state index in [0.29, 0.717) is 0 Å². The highest BCUT2D eigenvalue weighted by Gasteiger charge is 2.23. The van der Waals surface area contributed by atoms with Crippen molar-refractivity contribution in [2.75, 3.05) is 4.90 Å². The first-order chi connectivity index (χ1) is 24.3. The van der Waals surface area contributed by atoms with Crippen LogP contribution >= 0.6 is 0 Å². The summed E-state index contributed by atoms with van der Waals surface area (Å²) in [7, 11) is 0. The molecule has 0 atom stereocenters. The predicted octanol–water partition coefficient (Wildman–Crippen LogP) is 13.4. The highest BCUT2D eigenvalue weighted by atomic mass is 16.3. The standard InChI is InChI=1S/C46H29NO2/c1-2-11-30(12-3-1)32-25-28-36-33(29-32)13-8-16-35(36)31-23-26-34(27-24-31)47(41-19-9-17-39-37-14-4-6-21-43(37)48-45(39)41)42-20-10-18-40-38-15-5-7-22-44(38)49-46(40)42/h1-29H. The van der Waals surface area contributed by atoms with E-state index in [-0.39, 0.29) is 0 Å². The van der Waals surface area contributed by atoms with Crippen LogP contribution in [0, 0.1) is 0 Å². The molecule has 0 saturated carbocycles. The highest BCUT2D eigenvalue weighted by molar-refractivity contribution is 6.14. The van der Waals surface area contributed by atoms with Crippen LogP contribution in [0.5, 0.6) is 0 Å². The molecule has 0 fully saturated rings. The van der Waals surface area contributed by atoms with Gasteiger partial charge in [-0.25, -0.2) is 0 Å². The van der Waals surface area contributed by atoms with Crippen LogP contribution in [0.4, 0.5) is 17.1 Å². The molecule has 0 radical (unpaired) electrons. The first-order valence-corrected chi connectivity index (χ1v) is 16.6. The Hall–Kier alpha value is -6.58. The summed E-state index contributed by atoms with van der Waals surface area (Å²) in [6, 6.07) is 61.9. The van der Waals surface area contributed by atoms with Crippen molar-refractivity contribution in [2.45, 2.75) is 0 Å². The number of hydrogen-bond donors (Lipinski definition) is 0. The van der Waals surface area contributed by atoms with E-state index < -0.39 is 0 Å². The fraction of sp³-hybridized carbons (Fsp3) is 0. The van der Waals surface area contributed by atoms with E-state index in [4.69, 9.17) is 8.83 Å². The minimum absolute atomic E-state index is 0.837. The van der Waals surface area contributed by atoms with Gasteiger partial charge in [-0.1, -0.05) is 133 Å². The molecule has 0 spiro atoms. The molecule has 49 heavy (non-hydrogen) atoms. The van der Waals surface area contributed by atoms with E-state index in [9.17, 15) is 0 Å². The SMILES string of the molecule is c1ccc(-c2ccc3c(-c4ccc(N(c5cccc6c5oc5ccccc56)c5cccc6c5oc5ccccc56)cc4)cccc3c2)cc1. The third-order valence-corrected chi connectivity index (χ3v) is 9.67. The lowest BCUT2D eigenvalue weighted by Crippen LogP contribution is -2.10. The zero-order valence-electron chi connectivity index (χ0n) is 26.5. The van der Waals surface area contributed by atoms with Crippen LogP contribution in [-0.2, 0) is 0 Å². The third kappa shape index (κ3) is 4.44. The largest absolute Gasteiger partial charge is 0.454 e. The van der Waals surface area contributed by atoms with Crippen LogP contribution in [0.15, 0.2) is 185 Å². The van der Waals surface area contributed by atoms with Crippen molar-refractivity contribution in [2.24, 2.45) is 0 Å². The molecule has 0 saturated heterocycles. The molecule has 230 valence electrons. The summed E-state index contributed by atoms with van der Waals surface area (Å²) < 4.78 is 13.2. The van der Waals surface area contributed by atoms with E-state index in [0.717, 1.165) is 66.5 Å². The molecule has 10 aromatic rings. The number of furan rings is 2. The third-order valence-electron chi connectivity index (χ3n) is 9.67. The van der Waals surface area contributed by atoms with Crippen LogP contribution < -0.4 is 4.90 Å². The molecule has 3 heteroatoms. The van der Waals surface area contributed by atoms with Crippen molar-refractivity contribution in [1.29, 1.82) is 0 Å². The van der Waals surface area contributed by atoms with E-state index in [1.165, 1.54) is 27.5 Å². The van der Waals surface area contributed by atoms with Crippen molar-refractivity contribution >= 4 is 71.7 Å². The molecule has 0 aliphatic carbocycles. The van der Waals surface area contributed by atoms with Crippen LogP contribution in [0.2, 0.25) is 0 Å². The second-order valence-corrected chi connectivity index (χ2v) is 12.5. The molecule has 0 aliphatic heterocycles. The van der Waals surface area contributed by atoms with Crippen molar-refractivity contribution in [1.82, 2.24) is 0 Å². The van der Waals surface area contributed by atoms with Crippen molar-refractivity contribution in [3.8, 4) is 22.3 Å². The van der Waals surface area contributed by atoms with E-state index in [2.05, 4.69) is 157 Å². The topological polar surface area (TPSA) is 29.5 Å². The Morgan fingerprint density at radius 1 is 0.347 bits per heavy atom. The zero-order valence-corrected chi connectivity index (χ0v) is 26.5. The number of hydrogen-bond acceptors (Lipinski definition) is 3. The van der Waals surface area contributed by atoms with Crippen molar-refractivity contribution < 1.29 is 8.83 Å². The van der Waals surface area contributed by atoms with Gasteiger partial charge in [0.15, 0.2) is 11.2 Å². The van der Waals surface area contributed by atoms with Crippen LogP contribution in [0.25, 0.3) is 76.9 Å². The molecule has 0 aliphatic rings. The van der Waals surface area contributed by atoms with Gasteiger partial charge in [-0.05, 0) is 75.5 Å². The highest BCUT2D eigenvalue weighted by Crippen LogP contribution is 2.46. The molecule has 3 nitrogen and oxygen atoms in total. The first kappa shape index (κ1) is 27.5. The van der Waals surface area contributed by atoms with E-state index in [1.807, 2.05) is 24.3 Å². The molecule has 0 amide bonds. The van der Waals surface area contributed by atoms with E-state index >= 15 is 0 Å². The molecular formula is C46H29NO2. The number of nitrogens with zero attached hydrogens (tertiary/aromatic N) is 1. The van der Waals surface area contributed by atoms with Gasteiger partial charge in [-0.2, -0.15) is 0 Å². The monoisotopic (exact) mass is 627 g/mol. The van der Waals surface area contributed by atoms with Gasteiger partial charge in [-0.15, -0.1) is 0 Å². The lowest BCUT2D eigenvalue weighted by molar-refractivity contribution is 0.666. The predicted molar refractivity (Wildman–Crippen MR) is 204 cm³/mol. The van der Waals surface area contributed by atoms with Crippen LogP contribution in [-0.4, -0.2) is 0 Å². The minimum Gasteiger partial charge on any atom is -0.454 e. The molecule has 2 heterocycles. The van der Waals surface area contributed by atoms with Crippen molar-refractivity contribution in [3.05, 3.63) is 176 Å². The van der Waals surface area contributed by atoms with Gasteiger partial charge >= 0.3 is 0 Å². The lowest BCUT2D eigenvalue weighted by Gasteiger charge is -2.26. The molecule has 10 rings (SSSR count). The maximum Gasteiger partial charge on any atom is 0.159 e. The zero-order chi connectivity index (χ0) is 32.3. The second kappa shape index (κ2) is 11.0. The maximum absolute atomic E-state index is 6.59. The molecular weight excluding hydrogens is 599 g/mol. The van der Waals surface area contributed by atoms with Gasteiger partial charge < -0.3 is 13.7 Å². The number of anilines is 3. The lowest BCUT2D eigenvalue weighted by atomic mass is 9.95. The normalized spacial score (nSPS) is 11.7. The van der Waals surface area contributed by atoms with Gasteiger partial charge in [0.25, 0.3) is 0 Å². The van der Waals surface area contributed by atoms with Crippen molar-refractivity contribution in [3.63, 3.8) is 0 Å². The Kier molecular flexibility index (Phi) is 6.18. The fourth-order valence-electron chi connectivity index (χ4n) is 7.36. The Balaban J connectivity index is 1.15. The summed E-state index contributed by atoms with van der Waals surface area (Å²) in [6.07, 6.45) is 0. The van der Waals surface area contributed by atoms with E-state index in [1.54, 1.807) is 0 Å². The van der Waals surface area contributed by atoms with Crippen LogP contribution in [0.1, 0.15) is 0 Å². The summed E-state index contributed by atoms with van der Waals surface area (Å²) in [5, 5.41) is 6.81. The average molecular weight is 628 g/mol. The minimum atomic E-state index is 0.837. The molecule has 2 aromatic heterocycles. The fourth-order valence-corrected chi connectivity index (χ4v) is 7.36. The summed E-state index contributed by atoms with van der Waals surface area (Å²) in [5.41, 5.74) is 11.1. The van der Waals surface area contributed by atoms with Gasteiger partial charge in [0, 0.05) is 27.2 Å². The molecule has 0 N–H and O–H groups in total.